The van der Waals surface area contributed by atoms with Crippen molar-refractivity contribution in [3.8, 4) is 33.8 Å². The van der Waals surface area contributed by atoms with Crippen molar-refractivity contribution in [3.63, 3.8) is 0 Å². The summed E-state index contributed by atoms with van der Waals surface area (Å²) < 4.78 is 42.8. The first-order valence-electron chi connectivity index (χ1n) is 20.6. The molecule has 0 aliphatic carbocycles. The Hall–Kier alpha value is -6.62. The molecule has 16 heteroatoms. The Balaban J connectivity index is 0.000000205. The fraction of sp³-hybridized carbons (Fsp3) is 0.250. The predicted molar refractivity (Wildman–Crippen MR) is 247 cm³/mol. The lowest BCUT2D eigenvalue weighted by Crippen LogP contribution is -2.04. The van der Waals surface area contributed by atoms with E-state index in [1.807, 2.05) is 12.3 Å². The summed E-state index contributed by atoms with van der Waals surface area (Å²) in [5.74, 6) is 0.243. The number of hydrogen-bond acceptors (Lipinski definition) is 14. The Morgan fingerprint density at radius 1 is 0.625 bits per heavy atom. The Labute approximate surface area is 377 Å². The maximum atomic E-state index is 13.3. The fourth-order valence-electron chi connectivity index (χ4n) is 6.69. The number of halogens is 2. The lowest BCUT2D eigenvalue weighted by molar-refractivity contribution is 0.0599. The zero-order valence-electron chi connectivity index (χ0n) is 35.6. The van der Waals surface area contributed by atoms with E-state index in [2.05, 4.69) is 41.0 Å². The number of ether oxygens (including phenoxy) is 3. The van der Waals surface area contributed by atoms with E-state index in [4.69, 9.17) is 14.2 Å². The summed E-state index contributed by atoms with van der Waals surface area (Å²) in [5.41, 5.74) is 11.4. The van der Waals surface area contributed by atoms with Crippen molar-refractivity contribution < 1.29 is 32.6 Å². The largest absolute Gasteiger partial charge is 0.492 e. The second kappa shape index (κ2) is 23.7. The smallest absolute Gasteiger partial charge is 0.339 e. The molecule has 0 fully saturated rings. The van der Waals surface area contributed by atoms with Crippen LogP contribution < -0.4 is 15.2 Å². The summed E-state index contributed by atoms with van der Waals surface area (Å²) in [6, 6.07) is 16.3. The number of esters is 1. The molecular weight excluding hydrogens is 857 g/mol. The van der Waals surface area contributed by atoms with E-state index in [0.29, 0.717) is 42.3 Å². The number of nitrogens with zero attached hydrogens (tertiary/aromatic N) is 6. The highest BCUT2D eigenvalue weighted by Gasteiger charge is 2.15. The second-order valence-corrected chi connectivity index (χ2v) is 15.7. The van der Waals surface area contributed by atoms with Gasteiger partial charge in [-0.1, -0.05) is 31.2 Å². The van der Waals surface area contributed by atoms with Crippen LogP contribution in [0.5, 0.6) is 11.5 Å². The molecule has 6 heterocycles. The van der Waals surface area contributed by atoms with E-state index in [1.54, 1.807) is 90.3 Å². The number of nitrogens with two attached hydrogens (primary N) is 1. The van der Waals surface area contributed by atoms with E-state index in [0.717, 1.165) is 92.6 Å². The molecule has 0 amide bonds. The lowest BCUT2D eigenvalue weighted by atomic mass is 10.0. The summed E-state index contributed by atoms with van der Waals surface area (Å²) >= 11 is 3.13. The highest BCUT2D eigenvalue weighted by Crippen LogP contribution is 2.36. The first-order chi connectivity index (χ1) is 31.3. The standard InChI is InChI=1S/C24H22FN3O2S.C23H20FN3O3S.CH5N/c1-2-22(29)17-11-19(13-26-12-17)30-10-4-3-5-21-23-20(14-31-24(23)28-15-27-21)16-6-8-18(25)9-7-16;1-29-23(28)16-10-18(12-25-11-16)30-9-3-2-4-20-21-19(13-31-22(21)27-14-26-20)15-5-7-17(24)8-6-15;1-2/h6-9,11-15H,2-5,10H2,1H3;5-8,10-14H,2-4,9H2,1H3;2H2,1H3. The van der Waals surface area contributed by atoms with Crippen LogP contribution in [-0.4, -0.2) is 69.0 Å². The number of aromatic nitrogens is 6. The number of aryl methyl sites for hydroxylation is 2. The van der Waals surface area contributed by atoms with Gasteiger partial charge in [0.25, 0.3) is 0 Å². The minimum Gasteiger partial charge on any atom is -0.492 e. The van der Waals surface area contributed by atoms with Crippen LogP contribution in [0.15, 0.2) is 109 Å². The third-order valence-corrected chi connectivity index (χ3v) is 11.6. The molecule has 0 aliphatic heterocycles. The predicted octanol–water partition coefficient (Wildman–Crippen LogP) is 10.5. The molecule has 0 unspecified atom stereocenters. The summed E-state index contributed by atoms with van der Waals surface area (Å²) in [4.78, 5) is 51.1. The fourth-order valence-corrected chi connectivity index (χ4v) is 8.56. The molecule has 0 saturated heterocycles. The van der Waals surface area contributed by atoms with Crippen LogP contribution in [0.2, 0.25) is 0 Å². The number of thiophene rings is 2. The molecule has 64 heavy (non-hydrogen) atoms. The van der Waals surface area contributed by atoms with Gasteiger partial charge in [0.2, 0.25) is 0 Å². The molecule has 0 bridgehead atoms. The molecule has 2 N–H and O–H groups in total. The highest BCUT2D eigenvalue weighted by atomic mass is 32.1. The quantitative estimate of drug-likeness (QED) is 0.0523. The average Bonchev–Trinajstić information content (AvgIpc) is 3.98. The van der Waals surface area contributed by atoms with Crippen molar-refractivity contribution in [2.75, 3.05) is 27.4 Å². The topological polar surface area (TPSA) is 165 Å². The summed E-state index contributed by atoms with van der Waals surface area (Å²) in [6.45, 7) is 2.86. The van der Waals surface area contributed by atoms with Crippen LogP contribution in [0.1, 0.15) is 71.1 Å². The number of ketones is 1. The van der Waals surface area contributed by atoms with Gasteiger partial charge in [0.15, 0.2) is 5.78 Å². The molecule has 6 aromatic heterocycles. The first-order valence-corrected chi connectivity index (χ1v) is 22.4. The minimum atomic E-state index is -0.446. The van der Waals surface area contributed by atoms with Gasteiger partial charge in [-0.05, 0) is 93.1 Å². The number of methoxy groups -OCH3 is 1. The number of carbonyl (C=O) groups is 2. The molecule has 0 spiro atoms. The SMILES string of the molecule is CCC(=O)c1cncc(OCCCCc2ncnc3scc(-c4ccc(F)cc4)c23)c1.CN.COC(=O)c1cncc(OCCCCc2ncnc3scc(-c4ccc(F)cc4)c23)c1. The normalized spacial score (nSPS) is 10.7. The van der Waals surface area contributed by atoms with E-state index >= 15 is 0 Å². The van der Waals surface area contributed by atoms with Gasteiger partial charge in [0, 0.05) is 57.0 Å². The van der Waals surface area contributed by atoms with Crippen molar-refractivity contribution in [1.29, 1.82) is 0 Å². The van der Waals surface area contributed by atoms with E-state index in [1.165, 1.54) is 44.6 Å². The van der Waals surface area contributed by atoms with Crippen molar-refractivity contribution in [1.82, 2.24) is 29.9 Å². The van der Waals surface area contributed by atoms with Gasteiger partial charge < -0.3 is 19.9 Å². The van der Waals surface area contributed by atoms with Crippen molar-refractivity contribution in [2.45, 2.75) is 51.9 Å². The van der Waals surface area contributed by atoms with Gasteiger partial charge in [-0.2, -0.15) is 0 Å². The van der Waals surface area contributed by atoms with Crippen LogP contribution in [0.3, 0.4) is 0 Å². The Kier molecular flexibility index (Phi) is 17.4. The van der Waals surface area contributed by atoms with Gasteiger partial charge in [0.05, 0.1) is 49.7 Å². The Morgan fingerprint density at radius 3 is 1.53 bits per heavy atom. The summed E-state index contributed by atoms with van der Waals surface area (Å²) in [5, 5.41) is 6.15. The van der Waals surface area contributed by atoms with Crippen LogP contribution in [0, 0.1) is 11.6 Å². The number of carbonyl (C=O) groups excluding carboxylic acids is 2. The molecule has 0 atom stereocenters. The van der Waals surface area contributed by atoms with Crippen molar-refractivity contribution >= 4 is 54.9 Å². The maximum Gasteiger partial charge on any atom is 0.339 e. The molecule has 0 aliphatic rings. The monoisotopic (exact) mass is 903 g/mol. The number of Topliss-reactive ketones (excluding diaryl/α,β-unsaturated/α-hetero) is 1. The summed E-state index contributed by atoms with van der Waals surface area (Å²) in [6.07, 6.45) is 14.8. The Bertz CT molecular complexity index is 2580. The van der Waals surface area contributed by atoms with Crippen LogP contribution in [0.4, 0.5) is 8.78 Å². The van der Waals surface area contributed by atoms with Crippen molar-refractivity contribution in [2.24, 2.45) is 5.73 Å². The van der Waals surface area contributed by atoms with Crippen LogP contribution in [0.25, 0.3) is 42.7 Å². The van der Waals surface area contributed by atoms with Crippen LogP contribution in [-0.2, 0) is 17.6 Å². The van der Waals surface area contributed by atoms with E-state index in [9.17, 15) is 18.4 Å². The number of benzene rings is 2. The molecule has 8 aromatic rings. The van der Waals surface area contributed by atoms with Crippen LogP contribution >= 0.6 is 22.7 Å². The molecule has 2 aromatic carbocycles. The van der Waals surface area contributed by atoms with Gasteiger partial charge in [-0.3, -0.25) is 14.8 Å². The third kappa shape index (κ3) is 12.3. The number of rotatable bonds is 17. The average molecular weight is 904 g/mol. The Morgan fingerprint density at radius 2 is 1.08 bits per heavy atom. The lowest BCUT2D eigenvalue weighted by Gasteiger charge is -2.08. The number of hydrogen-bond donors (Lipinski definition) is 1. The van der Waals surface area contributed by atoms with Gasteiger partial charge in [-0.15, -0.1) is 22.7 Å². The number of unbranched alkanes of at least 4 members (excludes halogenated alkanes) is 2. The van der Waals surface area contributed by atoms with Gasteiger partial charge in [0.1, 0.15) is 45.4 Å². The van der Waals surface area contributed by atoms with Crippen molar-refractivity contribution in [3.05, 3.63) is 143 Å². The highest BCUT2D eigenvalue weighted by molar-refractivity contribution is 7.17. The zero-order chi connectivity index (χ0) is 45.3. The molecule has 8 rings (SSSR count). The molecule has 12 nitrogen and oxygen atoms in total. The van der Waals surface area contributed by atoms with E-state index < -0.39 is 5.97 Å². The van der Waals surface area contributed by atoms with Gasteiger partial charge in [-0.25, -0.2) is 33.5 Å². The van der Waals surface area contributed by atoms with E-state index in [-0.39, 0.29) is 17.4 Å². The molecule has 0 saturated carbocycles. The number of fused-ring (bicyclic) bond motifs is 2. The second-order valence-electron chi connectivity index (χ2n) is 14.0. The number of pyridine rings is 2. The molecule has 330 valence electrons. The summed E-state index contributed by atoms with van der Waals surface area (Å²) in [7, 11) is 2.83. The zero-order valence-corrected chi connectivity index (χ0v) is 37.3. The maximum absolute atomic E-state index is 13.3. The third-order valence-electron chi connectivity index (χ3n) is 9.85. The molecular formula is C48H47F2N7O5S2. The van der Waals surface area contributed by atoms with Gasteiger partial charge >= 0.3 is 5.97 Å². The first kappa shape index (κ1) is 46.9. The molecule has 0 radical (unpaired) electrons. The minimum absolute atomic E-state index is 0.0541.